The highest BCUT2D eigenvalue weighted by molar-refractivity contribution is 7.04. The first-order chi connectivity index (χ1) is 59.0. The van der Waals surface area contributed by atoms with Crippen molar-refractivity contribution in [2.45, 2.75) is 0 Å². The van der Waals surface area contributed by atoms with E-state index in [1.807, 2.05) is 237 Å². The largest absolute Gasteiger partial charge is 0.458 e. The minimum atomic E-state index is -1.02. The topological polar surface area (TPSA) is 52.2 Å². The van der Waals surface area contributed by atoms with Crippen molar-refractivity contribution in [3.05, 3.63) is 381 Å². The molecular formula is C102H57B3F6N6O3. The van der Waals surface area contributed by atoms with Crippen molar-refractivity contribution in [1.29, 1.82) is 0 Å². The predicted octanol–water partition coefficient (Wildman–Crippen LogP) is 20.6. The Morgan fingerprint density at radius 1 is 0.208 bits per heavy atom. The van der Waals surface area contributed by atoms with Crippen molar-refractivity contribution in [3.8, 4) is 85.3 Å². The quantitative estimate of drug-likeness (QED) is 0.106. The number of para-hydroxylation sites is 8. The van der Waals surface area contributed by atoms with Gasteiger partial charge in [-0.15, -0.1) is 0 Å². The van der Waals surface area contributed by atoms with Gasteiger partial charge in [-0.1, -0.05) is 212 Å². The van der Waals surface area contributed by atoms with Gasteiger partial charge in [0, 0.05) is 80.0 Å². The Kier molecular flexibility index (Phi) is 14.5. The molecule has 9 heterocycles. The van der Waals surface area contributed by atoms with Gasteiger partial charge in [0.1, 0.15) is 86.5 Å². The molecule has 0 N–H and O–H groups in total. The van der Waals surface area contributed by atoms with Gasteiger partial charge in [-0.2, -0.15) is 0 Å². The van der Waals surface area contributed by atoms with Crippen molar-refractivity contribution >= 4 is 153 Å². The third-order valence-corrected chi connectivity index (χ3v) is 24.9. The number of hydrogen-bond donors (Lipinski definition) is 0. The lowest BCUT2D eigenvalue weighted by molar-refractivity contribution is 0.464. The summed E-state index contributed by atoms with van der Waals surface area (Å²) < 4.78 is 138. The van der Waals surface area contributed by atoms with Crippen molar-refractivity contribution < 1.29 is 40.6 Å². The first-order valence-electron chi connectivity index (χ1n) is 39.8. The second-order valence-electron chi connectivity index (χ2n) is 31.3. The fraction of sp³-hybridized carbons (Fsp3) is 0. The molecule has 0 saturated carbocycles. The Bertz CT molecular complexity index is 7630. The van der Waals surface area contributed by atoms with Crippen LogP contribution >= 0.6 is 0 Å². The van der Waals surface area contributed by atoms with Crippen molar-refractivity contribution in [2.24, 2.45) is 0 Å². The number of hydrogen-bond acceptors (Lipinski definition) is 6. The smallest absolute Gasteiger partial charge is 0.260 e. The average Bonchev–Trinajstić information content (AvgIpc) is 0.730. The summed E-state index contributed by atoms with van der Waals surface area (Å²) >= 11 is 0. The Balaban J connectivity index is 0.812. The molecule has 6 aliphatic heterocycles. The van der Waals surface area contributed by atoms with Crippen LogP contribution in [0.5, 0.6) is 34.5 Å². The van der Waals surface area contributed by atoms with Crippen LogP contribution in [-0.2, 0) is 0 Å². The number of halogens is 6. The zero-order chi connectivity index (χ0) is 79.6. The minimum Gasteiger partial charge on any atom is -0.458 e. The summed E-state index contributed by atoms with van der Waals surface area (Å²) in [5.74, 6) is -2.56. The summed E-state index contributed by atoms with van der Waals surface area (Å²) in [6.07, 6.45) is 0. The number of nitrogens with zero attached hydrogens (tertiary/aromatic N) is 6. The molecule has 564 valence electrons. The molecule has 6 aliphatic rings. The van der Waals surface area contributed by atoms with E-state index in [1.54, 1.807) is 14.7 Å². The van der Waals surface area contributed by atoms with Gasteiger partial charge < -0.3 is 42.6 Å². The van der Waals surface area contributed by atoms with E-state index >= 15 is 26.3 Å². The summed E-state index contributed by atoms with van der Waals surface area (Å²) in [4.78, 5) is 4.77. The van der Waals surface area contributed by atoms with Crippen LogP contribution in [0.4, 0.5) is 77.5 Å². The zero-order valence-electron chi connectivity index (χ0n) is 63.3. The highest BCUT2D eigenvalue weighted by atomic mass is 19.2. The highest BCUT2D eigenvalue weighted by Gasteiger charge is 2.52. The third-order valence-electron chi connectivity index (χ3n) is 24.9. The van der Waals surface area contributed by atoms with Gasteiger partial charge in [0.2, 0.25) is 0 Å². The van der Waals surface area contributed by atoms with E-state index in [-0.39, 0.29) is 22.7 Å². The van der Waals surface area contributed by atoms with E-state index < -0.39 is 72.1 Å². The van der Waals surface area contributed by atoms with Crippen LogP contribution in [0.25, 0.3) is 83.5 Å². The molecule has 0 aliphatic carbocycles. The second kappa shape index (κ2) is 25.6. The van der Waals surface area contributed by atoms with Gasteiger partial charge in [-0.05, 0) is 170 Å². The summed E-state index contributed by atoms with van der Waals surface area (Å²) in [5.41, 5.74) is 15.4. The summed E-state index contributed by atoms with van der Waals surface area (Å²) in [5, 5.41) is 2.81. The highest BCUT2D eigenvalue weighted by Crippen LogP contribution is 2.53. The van der Waals surface area contributed by atoms with Gasteiger partial charge in [-0.3, -0.25) is 0 Å². The monoisotopic (exact) mass is 1560 g/mol. The van der Waals surface area contributed by atoms with Crippen LogP contribution < -0.4 is 78.1 Å². The van der Waals surface area contributed by atoms with Gasteiger partial charge >= 0.3 is 0 Å². The van der Waals surface area contributed by atoms with E-state index in [0.717, 1.165) is 88.6 Å². The van der Waals surface area contributed by atoms with Crippen LogP contribution in [0, 0.1) is 34.9 Å². The molecule has 16 aromatic carbocycles. The lowest BCUT2D eigenvalue weighted by Crippen LogP contribution is -2.66. The number of rotatable bonds is 9. The first-order valence-corrected chi connectivity index (χ1v) is 39.8. The summed E-state index contributed by atoms with van der Waals surface area (Å²) in [6, 6.07) is 107. The molecule has 9 nitrogen and oxygen atoms in total. The third kappa shape index (κ3) is 9.78. The lowest BCUT2D eigenvalue weighted by Gasteiger charge is -2.47. The second-order valence-corrected chi connectivity index (χ2v) is 31.3. The number of benzene rings is 16. The standard InChI is InChI=1S/C102H57B3F6N6O3/c106-73-34-20-35-74(107)100(73)115-86-56-85-69(103-67-32-13-18-43-91(67)118-94-51-65(50-90(98(94)103)116(85)101-75(108)36-21-37-76(101)109)113-80-41-16-11-30-62(80)46-83(113)59-25-6-2-7-26-59)54-70(86)105-71-55-72-93(120-96-53-66(52-95-99(96)104(72)68-33-14-19-44-92(68)119-95)114-81-42-17-12-31-63(81)47-84(114)60-27-8-3-9-28-60)57-87(71)117(102-77(110)38-22-39-78(102)111)89-49-64(48-88(115)97(89)105)112-79-40-15-10-29-61(79)45-82(112)58-23-4-1-5-24-58/h1-57H. The average molecular weight is 1560 g/mol. The summed E-state index contributed by atoms with van der Waals surface area (Å²) in [6.45, 7) is -2.40. The first kappa shape index (κ1) is 68.0. The predicted molar refractivity (Wildman–Crippen MR) is 471 cm³/mol. The molecule has 19 aromatic rings. The molecule has 0 unspecified atom stereocenters. The van der Waals surface area contributed by atoms with E-state index in [1.165, 1.54) is 54.6 Å². The molecule has 120 heavy (non-hydrogen) atoms. The minimum absolute atomic E-state index is 0.220. The maximum absolute atomic E-state index is 18.5. The van der Waals surface area contributed by atoms with Gasteiger partial charge in [0.25, 0.3) is 20.1 Å². The van der Waals surface area contributed by atoms with E-state index in [9.17, 15) is 0 Å². The maximum Gasteiger partial charge on any atom is 0.260 e. The van der Waals surface area contributed by atoms with Crippen LogP contribution in [0.3, 0.4) is 0 Å². The molecule has 0 spiro atoms. The Hall–Kier alpha value is -15.3. The molecule has 0 amide bonds. The van der Waals surface area contributed by atoms with Crippen molar-refractivity contribution in [1.82, 2.24) is 13.7 Å². The zero-order valence-corrected chi connectivity index (χ0v) is 63.3. The van der Waals surface area contributed by atoms with Crippen LogP contribution in [0.15, 0.2) is 346 Å². The van der Waals surface area contributed by atoms with Gasteiger partial charge in [-0.25, -0.2) is 26.3 Å². The maximum atomic E-state index is 18.5. The van der Waals surface area contributed by atoms with Crippen LogP contribution in [0.1, 0.15) is 0 Å². The molecule has 0 radical (unpaired) electrons. The van der Waals surface area contributed by atoms with E-state index in [0.29, 0.717) is 90.0 Å². The molecular weight excluding hydrogens is 1500 g/mol. The fourth-order valence-electron chi connectivity index (χ4n) is 20.1. The molecule has 3 aromatic heterocycles. The Morgan fingerprint density at radius 2 is 0.517 bits per heavy atom. The van der Waals surface area contributed by atoms with Gasteiger partial charge in [0.15, 0.2) is 0 Å². The van der Waals surface area contributed by atoms with E-state index in [2.05, 4.69) is 68.3 Å². The normalized spacial score (nSPS) is 13.3. The van der Waals surface area contributed by atoms with Crippen LogP contribution in [0.2, 0.25) is 0 Å². The molecule has 0 atom stereocenters. The molecule has 0 saturated heterocycles. The molecule has 0 fully saturated rings. The van der Waals surface area contributed by atoms with Crippen LogP contribution in [-0.4, -0.2) is 33.8 Å². The SMILES string of the molecule is Fc1cccc(F)c1N1c2cc3c(cc2B2c4ccccc4Oc4cc(-n5c(-c6ccccc6)cc6ccccc65)cc1c42)B1c2cc4c(cc2N(c2c(F)cccc2F)c2cc(-n5c(-c6ccccc6)cc6ccccc65)cc(c21)N3c1c(F)cccc1F)Oc1cc(-n2c(-c3ccccc3)cc3ccccc32)cc2c1B4c1ccccc1O2. The fourth-order valence-corrected chi connectivity index (χ4v) is 20.1. The molecule has 18 heteroatoms. The molecule has 25 rings (SSSR count). The van der Waals surface area contributed by atoms with Crippen molar-refractivity contribution in [3.63, 3.8) is 0 Å². The Morgan fingerprint density at radius 3 is 0.933 bits per heavy atom. The van der Waals surface area contributed by atoms with E-state index in [4.69, 9.17) is 14.2 Å². The molecule has 0 bridgehead atoms. The summed E-state index contributed by atoms with van der Waals surface area (Å²) in [7, 11) is 0. The number of anilines is 9. The lowest BCUT2D eigenvalue weighted by atomic mass is 9.29. The number of aromatic nitrogens is 3. The van der Waals surface area contributed by atoms with Crippen molar-refractivity contribution in [2.75, 3.05) is 14.7 Å². The van der Waals surface area contributed by atoms with Gasteiger partial charge in [0.05, 0.1) is 50.7 Å². The number of fused-ring (bicyclic) bond motifs is 15. The number of ether oxygens (including phenoxy) is 3. The Labute approximate surface area is 684 Å².